The van der Waals surface area contributed by atoms with Crippen LogP contribution in [0.25, 0.3) is 0 Å². The molecule has 2 unspecified atom stereocenters. The summed E-state index contributed by atoms with van der Waals surface area (Å²) in [6, 6.07) is 0.477. The van der Waals surface area contributed by atoms with Crippen molar-refractivity contribution >= 4 is 23.2 Å². The second-order valence-corrected chi connectivity index (χ2v) is 11.4. The highest BCUT2D eigenvalue weighted by atomic mass is 32.2. The lowest BCUT2D eigenvalue weighted by Crippen LogP contribution is -2.55. The van der Waals surface area contributed by atoms with Crippen molar-refractivity contribution in [1.29, 1.82) is 0 Å². The molecule has 2 heterocycles. The average molecular weight is 460 g/mol. The van der Waals surface area contributed by atoms with Gasteiger partial charge in [0.05, 0.1) is 6.04 Å². The van der Waals surface area contributed by atoms with Gasteiger partial charge in [0.15, 0.2) is 11.6 Å². The number of carbonyl (C=O) groups excluding carboxylic acids is 2. The monoisotopic (exact) mass is 459 g/mol. The molecule has 0 aromatic heterocycles. The van der Waals surface area contributed by atoms with Gasteiger partial charge in [0.25, 0.3) is 0 Å². The lowest BCUT2D eigenvalue weighted by atomic mass is 9.82. The maximum Gasteiger partial charge on any atom is 0.312 e. The zero-order valence-corrected chi connectivity index (χ0v) is 18.6. The number of nitrogens with one attached hydrogen (secondary N) is 1. The molecule has 1 aromatic carbocycles. The van der Waals surface area contributed by atoms with Gasteiger partial charge in [-0.05, 0) is 70.4 Å². The Morgan fingerprint density at radius 1 is 1.16 bits per heavy atom. The third-order valence-corrected chi connectivity index (χ3v) is 7.76. The van der Waals surface area contributed by atoms with E-state index in [0.29, 0.717) is 18.9 Å². The quantitative estimate of drug-likeness (QED) is 0.401. The minimum atomic E-state index is -1.48. The van der Waals surface area contributed by atoms with Gasteiger partial charge in [-0.1, -0.05) is 0 Å². The Morgan fingerprint density at radius 2 is 1.71 bits per heavy atom. The second-order valence-electron chi connectivity index (χ2n) is 9.36. The maximum absolute atomic E-state index is 14.3. The Hall–Kier alpha value is -1.78. The summed E-state index contributed by atoms with van der Waals surface area (Å²) < 4.78 is 56.7. The molecule has 0 aliphatic carbocycles. The molecular weight excluding hydrogens is 431 g/mol. The summed E-state index contributed by atoms with van der Waals surface area (Å²) in [4.78, 5) is 25.1. The molecule has 3 N–H and O–H groups in total. The molecule has 1 aromatic rings. The Balaban J connectivity index is 1.85. The number of amides is 2. The number of halogens is 3. The highest BCUT2D eigenvalue weighted by Gasteiger charge is 2.47. The fraction of sp³-hybridized carbons (Fsp3) is 0.619. The summed E-state index contributed by atoms with van der Waals surface area (Å²) in [5, 5.41) is 0. The zero-order chi connectivity index (χ0) is 23.1. The molecule has 172 valence electrons. The van der Waals surface area contributed by atoms with Crippen molar-refractivity contribution in [3.05, 3.63) is 35.1 Å². The van der Waals surface area contributed by atoms with Crippen LogP contribution in [0.3, 0.4) is 0 Å². The van der Waals surface area contributed by atoms with Crippen molar-refractivity contribution in [1.82, 2.24) is 9.62 Å². The minimum Gasteiger partial charge on any atom is -0.598 e. The molecule has 2 saturated heterocycles. The first-order valence-corrected chi connectivity index (χ1v) is 11.5. The topological polar surface area (TPSA) is 98.5 Å². The first kappa shape index (κ1) is 23.9. The third-order valence-electron chi connectivity index (χ3n) is 6.13. The normalized spacial score (nSPS) is 25.4. The summed E-state index contributed by atoms with van der Waals surface area (Å²) in [5.41, 5.74) is 5.17. The number of fused-ring (bicyclic) bond motifs is 2. The number of hydrogen-bond donors (Lipinski definition) is 2. The van der Waals surface area contributed by atoms with E-state index in [1.165, 1.54) is 4.90 Å². The number of rotatable bonds is 5. The van der Waals surface area contributed by atoms with E-state index in [0.717, 1.165) is 18.9 Å². The number of nitrogens with zero attached hydrogens (tertiary/aromatic N) is 1. The van der Waals surface area contributed by atoms with Crippen LogP contribution in [0.5, 0.6) is 0 Å². The van der Waals surface area contributed by atoms with Crippen LogP contribution in [0.2, 0.25) is 0 Å². The largest absolute Gasteiger partial charge is 0.598 e. The van der Waals surface area contributed by atoms with Crippen molar-refractivity contribution in [3.8, 4) is 0 Å². The van der Waals surface area contributed by atoms with Crippen LogP contribution in [0.4, 0.5) is 13.2 Å². The molecule has 2 fully saturated rings. The average Bonchev–Trinajstić information content (AvgIpc) is 2.92. The molecule has 2 aliphatic rings. The van der Waals surface area contributed by atoms with E-state index in [-0.39, 0.29) is 30.0 Å². The number of benzene rings is 1. The van der Waals surface area contributed by atoms with E-state index < -0.39 is 51.4 Å². The van der Waals surface area contributed by atoms with Gasteiger partial charge < -0.3 is 15.2 Å². The molecular formula is C21H28F3N3O3S. The van der Waals surface area contributed by atoms with Gasteiger partial charge in [0.2, 0.25) is 0 Å². The third kappa shape index (κ3) is 5.18. The Labute approximate surface area is 183 Å². The van der Waals surface area contributed by atoms with Crippen LogP contribution in [0.15, 0.2) is 12.1 Å². The van der Waals surface area contributed by atoms with Gasteiger partial charge >= 0.3 is 11.8 Å². The SMILES string of the molecule is CC(C)(C)[S@+]([O-])N[C@@H](Cc1cc(F)c(F)cc1F)C1CC2CCC(C1)N2C(=O)C(N)=O. The number of piperidine rings is 1. The molecule has 2 amide bonds. The molecule has 2 bridgehead atoms. The van der Waals surface area contributed by atoms with Crippen LogP contribution in [0.1, 0.15) is 52.0 Å². The Morgan fingerprint density at radius 3 is 2.23 bits per heavy atom. The van der Waals surface area contributed by atoms with E-state index in [1.54, 1.807) is 20.8 Å². The Kier molecular flexibility index (Phi) is 6.93. The lowest BCUT2D eigenvalue weighted by Gasteiger charge is -2.41. The number of primary amides is 1. The van der Waals surface area contributed by atoms with Crippen LogP contribution in [-0.4, -0.2) is 44.1 Å². The van der Waals surface area contributed by atoms with Gasteiger partial charge in [-0.25, -0.2) is 13.2 Å². The summed E-state index contributed by atoms with van der Waals surface area (Å²) >= 11 is -1.48. The van der Waals surface area contributed by atoms with Gasteiger partial charge in [0.1, 0.15) is 10.6 Å². The molecule has 0 radical (unpaired) electrons. The first-order chi connectivity index (χ1) is 14.4. The molecule has 0 spiro atoms. The van der Waals surface area contributed by atoms with Crippen LogP contribution in [-0.2, 0) is 27.4 Å². The van der Waals surface area contributed by atoms with Gasteiger partial charge in [-0.15, -0.1) is 4.72 Å². The highest BCUT2D eigenvalue weighted by Crippen LogP contribution is 2.41. The van der Waals surface area contributed by atoms with E-state index in [9.17, 15) is 27.3 Å². The smallest absolute Gasteiger partial charge is 0.312 e. The van der Waals surface area contributed by atoms with Gasteiger partial charge in [-0.3, -0.25) is 9.59 Å². The molecule has 31 heavy (non-hydrogen) atoms. The fourth-order valence-electron chi connectivity index (χ4n) is 4.58. The van der Waals surface area contributed by atoms with Crippen molar-refractivity contribution in [2.24, 2.45) is 11.7 Å². The van der Waals surface area contributed by atoms with Crippen LogP contribution < -0.4 is 10.5 Å². The molecule has 3 rings (SSSR count). The summed E-state index contributed by atoms with van der Waals surface area (Å²) in [6.45, 7) is 5.38. The summed E-state index contributed by atoms with van der Waals surface area (Å²) in [5.74, 6) is -5.08. The summed E-state index contributed by atoms with van der Waals surface area (Å²) in [6.07, 6.45) is 2.47. The van der Waals surface area contributed by atoms with E-state index in [2.05, 4.69) is 4.72 Å². The zero-order valence-electron chi connectivity index (χ0n) is 17.8. The van der Waals surface area contributed by atoms with Crippen molar-refractivity contribution in [2.75, 3.05) is 0 Å². The molecule has 4 atom stereocenters. The Bertz CT molecular complexity index is 850. The maximum atomic E-state index is 14.3. The molecule has 0 saturated carbocycles. The van der Waals surface area contributed by atoms with Crippen molar-refractivity contribution in [2.45, 2.75) is 75.7 Å². The van der Waals surface area contributed by atoms with Crippen LogP contribution in [0, 0.1) is 23.4 Å². The second kappa shape index (κ2) is 8.99. The van der Waals surface area contributed by atoms with E-state index in [4.69, 9.17) is 5.73 Å². The highest BCUT2D eigenvalue weighted by molar-refractivity contribution is 7.90. The lowest BCUT2D eigenvalue weighted by molar-refractivity contribution is -0.147. The number of hydrogen-bond acceptors (Lipinski definition) is 4. The standard InChI is InChI=1S/C21H28F3N3O3S/c1-21(2,3)31(30)26-18(9-11-8-16(23)17(24)10-15(11)22)12-6-13-4-5-14(7-12)27(13)20(29)19(25)28/h8,10,12-14,18,26H,4-7,9H2,1-3H3,(H2,25,28)/t12?,13?,14?,18-,31-/m0/s1. The van der Waals surface area contributed by atoms with Crippen LogP contribution >= 0.6 is 0 Å². The number of nitrogens with two attached hydrogens (primary N) is 1. The molecule has 10 heteroatoms. The number of carbonyl (C=O) groups is 2. The fourth-order valence-corrected chi connectivity index (χ4v) is 5.49. The molecule has 6 nitrogen and oxygen atoms in total. The van der Waals surface area contributed by atoms with E-state index in [1.807, 2.05) is 0 Å². The van der Waals surface area contributed by atoms with E-state index >= 15 is 0 Å². The predicted octanol–water partition coefficient (Wildman–Crippen LogP) is 2.32. The first-order valence-electron chi connectivity index (χ1n) is 10.3. The van der Waals surface area contributed by atoms with Gasteiger partial charge in [0, 0.05) is 29.5 Å². The van der Waals surface area contributed by atoms with Crippen molar-refractivity contribution < 1.29 is 27.3 Å². The molecule has 2 aliphatic heterocycles. The predicted molar refractivity (Wildman–Crippen MR) is 110 cm³/mol. The van der Waals surface area contributed by atoms with Gasteiger partial charge in [-0.2, -0.15) is 0 Å². The summed E-state index contributed by atoms with van der Waals surface area (Å²) in [7, 11) is 0. The minimum absolute atomic E-state index is 0.00898. The van der Waals surface area contributed by atoms with Crippen molar-refractivity contribution in [3.63, 3.8) is 0 Å².